The van der Waals surface area contributed by atoms with Gasteiger partial charge in [0.05, 0.1) is 25.4 Å². The second-order valence-electron chi connectivity index (χ2n) is 15.4. The zero-order valence-corrected chi connectivity index (χ0v) is 35.8. The fraction of sp³-hybridized carbons (Fsp3) is 0.837. The van der Waals surface area contributed by atoms with Crippen LogP contribution in [0.4, 0.5) is 0 Å². The fourth-order valence-corrected chi connectivity index (χ4v) is 7.23. The SMILES string of the molecule is CCCCCC/C=C/C(O)C(COC1OC(CO)C(O)C(OS(=O)(=O)O)C1O)NC(=O)C(O)CCCCCCCC/C=C\C/C=C\CCCCCCCCCCC. The number of nitrogens with one attached hydrogen (secondary N) is 1. The first-order chi connectivity index (χ1) is 27.4. The first-order valence-corrected chi connectivity index (χ1v) is 23.3. The number of carbonyl (C=O) groups excluding carboxylic acids is 1. The molecule has 0 aromatic rings. The molecule has 1 aliphatic rings. The Bertz CT molecular complexity index is 1180. The molecule has 1 fully saturated rings. The Kier molecular flexibility index (Phi) is 31.8. The van der Waals surface area contributed by atoms with Crippen LogP contribution in [-0.4, -0.2) is 107 Å². The van der Waals surface area contributed by atoms with Crippen LogP contribution in [0.2, 0.25) is 0 Å². The minimum absolute atomic E-state index is 0.229. The van der Waals surface area contributed by atoms with Crippen LogP contribution in [0.3, 0.4) is 0 Å². The summed E-state index contributed by atoms with van der Waals surface area (Å²) in [7, 11) is -5.11. The van der Waals surface area contributed by atoms with Gasteiger partial charge in [0.25, 0.3) is 0 Å². The van der Waals surface area contributed by atoms with Crippen LogP contribution in [0.1, 0.15) is 168 Å². The molecular formula is C43H79NO12S. The van der Waals surface area contributed by atoms with Crippen molar-refractivity contribution in [2.75, 3.05) is 13.2 Å². The predicted molar refractivity (Wildman–Crippen MR) is 224 cm³/mol. The summed E-state index contributed by atoms with van der Waals surface area (Å²) < 4.78 is 47.2. The van der Waals surface area contributed by atoms with Crippen LogP contribution in [0.15, 0.2) is 36.5 Å². The van der Waals surface area contributed by atoms with Gasteiger partial charge in [0.1, 0.15) is 30.5 Å². The number of aliphatic hydroxyl groups excluding tert-OH is 5. The molecule has 0 radical (unpaired) electrons. The van der Waals surface area contributed by atoms with Gasteiger partial charge in [-0.05, 0) is 51.4 Å². The van der Waals surface area contributed by atoms with E-state index >= 15 is 0 Å². The van der Waals surface area contributed by atoms with Gasteiger partial charge in [0.2, 0.25) is 5.91 Å². The van der Waals surface area contributed by atoms with E-state index < -0.39 is 78.5 Å². The van der Waals surface area contributed by atoms with Crippen molar-refractivity contribution in [3.05, 3.63) is 36.5 Å². The minimum Gasteiger partial charge on any atom is -0.394 e. The third kappa shape index (κ3) is 26.9. The van der Waals surface area contributed by atoms with Crippen molar-refractivity contribution in [2.24, 2.45) is 0 Å². The van der Waals surface area contributed by atoms with Gasteiger partial charge >= 0.3 is 10.4 Å². The molecule has 1 aliphatic heterocycles. The van der Waals surface area contributed by atoms with E-state index in [-0.39, 0.29) is 6.42 Å². The van der Waals surface area contributed by atoms with Gasteiger partial charge in [-0.2, -0.15) is 8.42 Å². The smallest absolute Gasteiger partial charge is 0.394 e. The van der Waals surface area contributed by atoms with E-state index in [4.69, 9.17) is 14.0 Å². The van der Waals surface area contributed by atoms with Gasteiger partial charge in [-0.3, -0.25) is 9.35 Å². The Morgan fingerprint density at radius 3 is 1.74 bits per heavy atom. The number of carbonyl (C=O) groups is 1. The molecule has 1 rings (SSSR count). The normalized spacial score (nSPS) is 22.1. The van der Waals surface area contributed by atoms with Crippen molar-refractivity contribution in [1.82, 2.24) is 5.32 Å². The lowest BCUT2D eigenvalue weighted by Crippen LogP contribution is -2.61. The van der Waals surface area contributed by atoms with Crippen LogP contribution in [0.5, 0.6) is 0 Å². The number of amides is 1. The zero-order valence-electron chi connectivity index (χ0n) is 35.0. The quantitative estimate of drug-likeness (QED) is 0.0195. The summed E-state index contributed by atoms with van der Waals surface area (Å²) in [6.07, 6.45) is 27.2. The number of hydrogen-bond acceptors (Lipinski definition) is 11. The number of ether oxygens (including phenoxy) is 2. The average molecular weight is 834 g/mol. The van der Waals surface area contributed by atoms with E-state index in [0.29, 0.717) is 12.8 Å². The van der Waals surface area contributed by atoms with Crippen LogP contribution < -0.4 is 5.32 Å². The maximum absolute atomic E-state index is 13.0. The highest BCUT2D eigenvalue weighted by Crippen LogP contribution is 2.26. The molecule has 8 unspecified atom stereocenters. The summed E-state index contributed by atoms with van der Waals surface area (Å²) in [6, 6.07) is -1.12. The minimum atomic E-state index is -5.11. The molecule has 334 valence electrons. The molecule has 8 atom stereocenters. The Labute approximate surface area is 344 Å². The molecule has 0 aliphatic carbocycles. The van der Waals surface area contributed by atoms with Crippen molar-refractivity contribution in [3.63, 3.8) is 0 Å². The summed E-state index contributed by atoms with van der Waals surface area (Å²) in [6.45, 7) is 3.09. The highest BCUT2D eigenvalue weighted by atomic mass is 32.3. The first-order valence-electron chi connectivity index (χ1n) is 22.0. The van der Waals surface area contributed by atoms with Crippen molar-refractivity contribution in [2.45, 2.75) is 217 Å². The van der Waals surface area contributed by atoms with E-state index in [9.17, 15) is 38.7 Å². The standard InChI is InChI=1S/C43H79NO12S/c1-3-5-7-9-11-12-13-14-15-16-17-18-19-20-21-22-23-24-25-26-28-30-32-37(47)42(50)44-35(36(46)31-29-27-10-8-6-4-2)34-54-43-40(49)41(56-57(51,52)53)39(48)38(33-45)55-43/h17-18,20-21,29,31,35-41,43,45-49H,3-16,19,22-28,30,32-34H2,1-2H3,(H,44,50)(H,51,52,53)/b18-17-,21-20-,31-29+. The molecular weight excluding hydrogens is 755 g/mol. The molecule has 0 spiro atoms. The summed E-state index contributed by atoms with van der Waals surface area (Å²) in [4.78, 5) is 13.0. The Morgan fingerprint density at radius 1 is 0.719 bits per heavy atom. The second-order valence-corrected chi connectivity index (χ2v) is 16.5. The summed E-state index contributed by atoms with van der Waals surface area (Å²) in [5.74, 6) is -0.717. The van der Waals surface area contributed by atoms with Gasteiger partial charge < -0.3 is 40.3 Å². The fourth-order valence-electron chi connectivity index (χ4n) is 6.72. The molecule has 57 heavy (non-hydrogen) atoms. The molecule has 0 saturated carbocycles. The molecule has 0 aromatic carbocycles. The van der Waals surface area contributed by atoms with E-state index in [1.807, 2.05) is 0 Å². The van der Waals surface area contributed by atoms with Gasteiger partial charge in [0.15, 0.2) is 6.29 Å². The van der Waals surface area contributed by atoms with Gasteiger partial charge in [-0.25, -0.2) is 4.18 Å². The molecule has 1 saturated heterocycles. The highest BCUT2D eigenvalue weighted by molar-refractivity contribution is 7.80. The second kappa shape index (κ2) is 34.0. The predicted octanol–water partition coefficient (Wildman–Crippen LogP) is 6.91. The summed E-state index contributed by atoms with van der Waals surface area (Å²) >= 11 is 0. The van der Waals surface area contributed by atoms with Crippen molar-refractivity contribution >= 4 is 16.3 Å². The van der Waals surface area contributed by atoms with E-state index in [2.05, 4.69) is 47.7 Å². The monoisotopic (exact) mass is 834 g/mol. The maximum Gasteiger partial charge on any atom is 0.397 e. The van der Waals surface area contributed by atoms with Crippen LogP contribution in [0, 0.1) is 0 Å². The summed E-state index contributed by atoms with van der Waals surface area (Å²) in [5.41, 5.74) is 0. The number of rotatable bonds is 36. The van der Waals surface area contributed by atoms with Gasteiger partial charge in [-0.15, -0.1) is 0 Å². The Morgan fingerprint density at radius 2 is 1.21 bits per heavy atom. The van der Waals surface area contributed by atoms with Crippen molar-refractivity contribution in [3.8, 4) is 0 Å². The molecule has 1 amide bonds. The first kappa shape index (κ1) is 53.3. The summed E-state index contributed by atoms with van der Waals surface area (Å²) in [5, 5.41) is 54.7. The average Bonchev–Trinajstić information content (AvgIpc) is 3.18. The zero-order chi connectivity index (χ0) is 42.2. The number of unbranched alkanes of at least 4 members (excludes halogenated alkanes) is 19. The largest absolute Gasteiger partial charge is 0.397 e. The Hall–Kier alpha value is -1.72. The van der Waals surface area contributed by atoms with Gasteiger partial charge in [0, 0.05) is 0 Å². The Balaban J connectivity index is 2.43. The van der Waals surface area contributed by atoms with Crippen LogP contribution >= 0.6 is 0 Å². The molecule has 7 N–H and O–H groups in total. The number of aliphatic hydroxyl groups is 5. The van der Waals surface area contributed by atoms with Crippen molar-refractivity contribution < 1.29 is 57.0 Å². The maximum atomic E-state index is 13.0. The van der Waals surface area contributed by atoms with Crippen LogP contribution in [0.25, 0.3) is 0 Å². The lowest BCUT2D eigenvalue weighted by Gasteiger charge is -2.41. The highest BCUT2D eigenvalue weighted by Gasteiger charge is 2.48. The molecule has 14 heteroatoms. The molecule has 13 nitrogen and oxygen atoms in total. The third-order valence-electron chi connectivity index (χ3n) is 10.3. The molecule has 0 aromatic heterocycles. The van der Waals surface area contributed by atoms with Crippen molar-refractivity contribution in [1.29, 1.82) is 0 Å². The van der Waals surface area contributed by atoms with E-state index in [1.54, 1.807) is 6.08 Å². The third-order valence-corrected chi connectivity index (χ3v) is 10.7. The van der Waals surface area contributed by atoms with Crippen LogP contribution in [-0.2, 0) is 28.9 Å². The van der Waals surface area contributed by atoms with Gasteiger partial charge in [-0.1, -0.05) is 153 Å². The van der Waals surface area contributed by atoms with E-state index in [1.165, 1.54) is 70.3 Å². The topological polar surface area (TPSA) is 212 Å². The van der Waals surface area contributed by atoms with E-state index in [0.717, 1.165) is 70.6 Å². The lowest BCUT2D eigenvalue weighted by atomic mass is 9.99. The molecule has 1 heterocycles. The molecule has 0 bridgehead atoms. The lowest BCUT2D eigenvalue weighted by molar-refractivity contribution is -0.298. The number of hydrogen-bond donors (Lipinski definition) is 7. The number of allylic oxidation sites excluding steroid dienone is 5.